The summed E-state index contributed by atoms with van der Waals surface area (Å²) in [7, 11) is 0. The second kappa shape index (κ2) is 6.65. The molecule has 0 radical (unpaired) electrons. The monoisotopic (exact) mass is 301 g/mol. The average molecular weight is 301 g/mol. The predicted octanol–water partition coefficient (Wildman–Crippen LogP) is 4.56. The Kier molecular flexibility index (Phi) is 4.63. The number of thioether (sulfide) groups is 1. The Bertz CT molecular complexity index is 600. The summed E-state index contributed by atoms with van der Waals surface area (Å²) < 4.78 is 2.32. The molecule has 1 aromatic carbocycles. The van der Waals surface area contributed by atoms with Crippen LogP contribution in [0.3, 0.4) is 0 Å². The molecular formula is C17H23N3S. The Hall–Kier alpha value is -1.29. The minimum Gasteiger partial charge on any atom is -0.306 e. The van der Waals surface area contributed by atoms with Crippen LogP contribution >= 0.6 is 11.8 Å². The van der Waals surface area contributed by atoms with E-state index >= 15 is 0 Å². The Morgan fingerprint density at radius 1 is 1.24 bits per heavy atom. The lowest BCUT2D eigenvalue weighted by atomic mass is 10.1. The van der Waals surface area contributed by atoms with Gasteiger partial charge < -0.3 is 4.57 Å². The third-order valence-corrected chi connectivity index (χ3v) is 5.27. The van der Waals surface area contributed by atoms with Crippen molar-refractivity contribution in [1.29, 1.82) is 0 Å². The minimum atomic E-state index is 0.630. The summed E-state index contributed by atoms with van der Waals surface area (Å²) in [6.45, 7) is 5.30. The third kappa shape index (κ3) is 3.31. The zero-order valence-corrected chi connectivity index (χ0v) is 13.7. The van der Waals surface area contributed by atoms with Crippen molar-refractivity contribution in [3.63, 3.8) is 0 Å². The molecule has 2 aromatic rings. The molecule has 1 aliphatic carbocycles. The summed E-state index contributed by atoms with van der Waals surface area (Å²) in [4.78, 5) is 0. The van der Waals surface area contributed by atoms with Crippen molar-refractivity contribution >= 4 is 11.8 Å². The van der Waals surface area contributed by atoms with E-state index in [4.69, 9.17) is 0 Å². The highest BCUT2D eigenvalue weighted by Gasteiger charge is 2.23. The van der Waals surface area contributed by atoms with Crippen LogP contribution in [0.4, 0.5) is 0 Å². The normalized spacial score (nSPS) is 15.7. The number of nitrogens with zero attached hydrogens (tertiary/aromatic N) is 3. The zero-order valence-electron chi connectivity index (χ0n) is 12.9. The van der Waals surface area contributed by atoms with Gasteiger partial charge in [-0.15, -0.1) is 10.2 Å². The van der Waals surface area contributed by atoms with E-state index in [9.17, 15) is 0 Å². The predicted molar refractivity (Wildman–Crippen MR) is 87.6 cm³/mol. The van der Waals surface area contributed by atoms with Gasteiger partial charge in [0.25, 0.3) is 0 Å². The van der Waals surface area contributed by atoms with E-state index in [0.717, 1.165) is 17.5 Å². The highest BCUT2D eigenvalue weighted by Crippen LogP contribution is 2.34. The average Bonchev–Trinajstić information content (AvgIpc) is 3.13. The fourth-order valence-electron chi connectivity index (χ4n) is 3.14. The number of aromatic nitrogens is 3. The van der Waals surface area contributed by atoms with Crippen LogP contribution in [0.5, 0.6) is 0 Å². The smallest absolute Gasteiger partial charge is 0.191 e. The Balaban J connectivity index is 1.73. The lowest BCUT2D eigenvalue weighted by Gasteiger charge is -2.11. The Labute approximate surface area is 131 Å². The number of rotatable bonds is 5. The van der Waals surface area contributed by atoms with Crippen molar-refractivity contribution in [3.05, 3.63) is 41.2 Å². The van der Waals surface area contributed by atoms with Gasteiger partial charge in [0.1, 0.15) is 5.82 Å². The maximum absolute atomic E-state index is 4.49. The van der Waals surface area contributed by atoms with Gasteiger partial charge in [-0.2, -0.15) is 0 Å². The van der Waals surface area contributed by atoms with Crippen LogP contribution in [0, 0.1) is 6.92 Å². The first-order valence-electron chi connectivity index (χ1n) is 7.89. The first-order valence-corrected chi connectivity index (χ1v) is 8.88. The molecule has 112 valence electrons. The van der Waals surface area contributed by atoms with Gasteiger partial charge in [0.15, 0.2) is 5.16 Å². The van der Waals surface area contributed by atoms with Crippen LogP contribution < -0.4 is 0 Å². The third-order valence-electron chi connectivity index (χ3n) is 4.23. The topological polar surface area (TPSA) is 30.7 Å². The maximum Gasteiger partial charge on any atom is 0.191 e. The summed E-state index contributed by atoms with van der Waals surface area (Å²) in [6.07, 6.45) is 5.24. The van der Waals surface area contributed by atoms with E-state index in [1.807, 2.05) is 0 Å². The van der Waals surface area contributed by atoms with Gasteiger partial charge in [0.2, 0.25) is 0 Å². The molecule has 0 bridgehead atoms. The van der Waals surface area contributed by atoms with Gasteiger partial charge >= 0.3 is 0 Å². The molecule has 4 heteroatoms. The summed E-state index contributed by atoms with van der Waals surface area (Å²) in [5.74, 6) is 2.80. The van der Waals surface area contributed by atoms with Gasteiger partial charge in [0, 0.05) is 18.2 Å². The van der Waals surface area contributed by atoms with Crippen molar-refractivity contribution in [1.82, 2.24) is 14.8 Å². The molecule has 3 nitrogen and oxygen atoms in total. The zero-order chi connectivity index (χ0) is 14.7. The van der Waals surface area contributed by atoms with Crippen LogP contribution in [-0.2, 0) is 12.3 Å². The van der Waals surface area contributed by atoms with Crippen molar-refractivity contribution in [2.24, 2.45) is 0 Å². The highest BCUT2D eigenvalue weighted by molar-refractivity contribution is 7.98. The van der Waals surface area contributed by atoms with Gasteiger partial charge in [-0.25, -0.2) is 0 Å². The van der Waals surface area contributed by atoms with Crippen LogP contribution in [0.15, 0.2) is 29.4 Å². The van der Waals surface area contributed by atoms with Crippen LogP contribution in [-0.4, -0.2) is 14.8 Å². The fourth-order valence-corrected chi connectivity index (χ4v) is 4.09. The van der Waals surface area contributed by atoms with Crippen LogP contribution in [0.2, 0.25) is 0 Å². The summed E-state index contributed by atoms with van der Waals surface area (Å²) in [5, 5.41) is 10.0. The van der Waals surface area contributed by atoms with Gasteiger partial charge in [0.05, 0.1) is 0 Å². The molecule has 1 aromatic heterocycles. The second-order valence-electron chi connectivity index (χ2n) is 5.84. The first-order chi connectivity index (χ1) is 10.3. The molecule has 21 heavy (non-hydrogen) atoms. The van der Waals surface area contributed by atoms with Gasteiger partial charge in [-0.3, -0.25) is 0 Å². The lowest BCUT2D eigenvalue weighted by Crippen LogP contribution is -2.06. The SMILES string of the molecule is CCn1c(SCc2cccc(C)c2)nnc1C1CCCC1. The molecule has 0 amide bonds. The molecule has 0 unspecified atom stereocenters. The second-order valence-corrected chi connectivity index (χ2v) is 6.79. The lowest BCUT2D eigenvalue weighted by molar-refractivity contribution is 0.576. The first kappa shape index (κ1) is 14.6. The number of aryl methyl sites for hydroxylation is 1. The summed E-state index contributed by atoms with van der Waals surface area (Å²) in [5.41, 5.74) is 2.67. The van der Waals surface area contributed by atoms with Crippen molar-refractivity contribution in [2.45, 2.75) is 62.9 Å². The van der Waals surface area contributed by atoms with E-state index in [0.29, 0.717) is 5.92 Å². The standard InChI is InChI=1S/C17H23N3S/c1-3-20-16(15-9-4-5-10-15)18-19-17(20)21-12-14-8-6-7-13(2)11-14/h6-8,11,15H,3-5,9-10,12H2,1-2H3. The molecule has 0 aliphatic heterocycles. The highest BCUT2D eigenvalue weighted by atomic mass is 32.2. The van der Waals surface area contributed by atoms with E-state index in [1.165, 1.54) is 42.6 Å². The van der Waals surface area contributed by atoms with E-state index in [2.05, 4.69) is 52.9 Å². The molecular weight excluding hydrogens is 278 g/mol. The van der Waals surface area contributed by atoms with E-state index in [1.54, 1.807) is 11.8 Å². The van der Waals surface area contributed by atoms with Crippen LogP contribution in [0.1, 0.15) is 55.5 Å². The summed E-state index contributed by atoms with van der Waals surface area (Å²) in [6, 6.07) is 8.70. The minimum absolute atomic E-state index is 0.630. The van der Waals surface area contributed by atoms with Crippen molar-refractivity contribution in [2.75, 3.05) is 0 Å². The molecule has 3 rings (SSSR count). The van der Waals surface area contributed by atoms with E-state index < -0.39 is 0 Å². The molecule has 1 fully saturated rings. The molecule has 0 saturated heterocycles. The quantitative estimate of drug-likeness (QED) is 0.759. The Morgan fingerprint density at radius 2 is 2.05 bits per heavy atom. The number of benzene rings is 1. The van der Waals surface area contributed by atoms with Crippen molar-refractivity contribution in [3.8, 4) is 0 Å². The van der Waals surface area contributed by atoms with Crippen LogP contribution in [0.25, 0.3) is 0 Å². The summed E-state index contributed by atoms with van der Waals surface area (Å²) >= 11 is 1.80. The molecule has 0 atom stereocenters. The number of hydrogen-bond donors (Lipinski definition) is 0. The number of hydrogen-bond acceptors (Lipinski definition) is 3. The Morgan fingerprint density at radius 3 is 2.76 bits per heavy atom. The molecule has 0 spiro atoms. The fraction of sp³-hybridized carbons (Fsp3) is 0.529. The molecule has 1 aliphatic rings. The van der Waals surface area contributed by atoms with E-state index in [-0.39, 0.29) is 0 Å². The van der Waals surface area contributed by atoms with Gasteiger partial charge in [-0.1, -0.05) is 54.4 Å². The molecule has 1 heterocycles. The maximum atomic E-state index is 4.49. The molecule has 0 N–H and O–H groups in total. The molecule has 1 saturated carbocycles. The largest absolute Gasteiger partial charge is 0.306 e. The van der Waals surface area contributed by atoms with Gasteiger partial charge in [-0.05, 0) is 32.3 Å². The van der Waals surface area contributed by atoms with Crippen molar-refractivity contribution < 1.29 is 0 Å².